The van der Waals surface area contributed by atoms with E-state index in [0.717, 1.165) is 0 Å². The fraction of sp³-hybridized carbons (Fsp3) is 0.167. The lowest BCUT2D eigenvalue weighted by Crippen LogP contribution is -2.29. The molecule has 0 spiro atoms. The minimum Gasteiger partial charge on any atom is -0.351 e. The number of hydrogen-bond acceptors (Lipinski definition) is 3. The van der Waals surface area contributed by atoms with Crippen molar-refractivity contribution in [3.63, 3.8) is 0 Å². The molecule has 0 saturated heterocycles. The number of nitrogens with one attached hydrogen (secondary N) is 2. The molecule has 0 aliphatic rings. The molecule has 0 aliphatic carbocycles. The Labute approximate surface area is 99.4 Å². The molecule has 1 aromatic carbocycles. The van der Waals surface area contributed by atoms with Gasteiger partial charge in [0.15, 0.2) is 0 Å². The van der Waals surface area contributed by atoms with E-state index in [2.05, 4.69) is 10.6 Å². The van der Waals surface area contributed by atoms with Crippen LogP contribution in [0.4, 0.5) is 5.69 Å². The number of rotatable bonds is 4. The van der Waals surface area contributed by atoms with E-state index in [1.807, 2.05) is 5.92 Å². The molecule has 0 unspecified atom stereocenters. The number of para-hydroxylation sites is 1. The predicted octanol–water partition coefficient (Wildman–Crippen LogP) is -0.0532. The van der Waals surface area contributed by atoms with Crippen molar-refractivity contribution < 1.29 is 9.59 Å². The Morgan fingerprint density at radius 3 is 2.71 bits per heavy atom. The first-order valence-corrected chi connectivity index (χ1v) is 5.04. The average Bonchev–Trinajstić information content (AvgIpc) is 2.36. The third kappa shape index (κ3) is 3.63. The van der Waals surface area contributed by atoms with Crippen LogP contribution < -0.4 is 16.4 Å². The third-order valence-electron chi connectivity index (χ3n) is 1.98. The molecule has 4 N–H and O–H groups in total. The zero-order valence-electron chi connectivity index (χ0n) is 9.19. The molecule has 0 aliphatic heterocycles. The molecule has 1 rings (SSSR count). The largest absolute Gasteiger partial charge is 0.351 e. The average molecular weight is 231 g/mol. The van der Waals surface area contributed by atoms with Crippen molar-refractivity contribution >= 4 is 17.5 Å². The van der Waals surface area contributed by atoms with E-state index in [4.69, 9.17) is 12.2 Å². The zero-order chi connectivity index (χ0) is 12.7. The number of amides is 2. The molecular formula is C12H13N3O2. The minimum absolute atomic E-state index is 0.302. The molecule has 5 nitrogen and oxygen atoms in total. The van der Waals surface area contributed by atoms with Crippen LogP contribution in [0.1, 0.15) is 10.4 Å². The van der Waals surface area contributed by atoms with E-state index < -0.39 is 5.91 Å². The number of hydrogen-bond donors (Lipinski definition) is 3. The summed E-state index contributed by atoms with van der Waals surface area (Å²) in [5.41, 5.74) is 6.02. The van der Waals surface area contributed by atoms with Gasteiger partial charge in [-0.15, -0.1) is 6.42 Å². The molecule has 1 aromatic rings. The van der Waals surface area contributed by atoms with Crippen LogP contribution in [0.15, 0.2) is 24.3 Å². The van der Waals surface area contributed by atoms with Crippen LogP contribution in [-0.2, 0) is 4.79 Å². The maximum atomic E-state index is 11.7. The van der Waals surface area contributed by atoms with Crippen molar-refractivity contribution in [2.75, 3.05) is 18.4 Å². The molecule has 0 atom stereocenters. The summed E-state index contributed by atoms with van der Waals surface area (Å²) < 4.78 is 0. The third-order valence-corrected chi connectivity index (χ3v) is 1.98. The minimum atomic E-state index is -0.593. The Kier molecular flexibility index (Phi) is 4.73. The van der Waals surface area contributed by atoms with Gasteiger partial charge in [0.05, 0.1) is 11.3 Å². The molecule has 5 heteroatoms. The monoisotopic (exact) mass is 231 g/mol. The second kappa shape index (κ2) is 6.30. The predicted molar refractivity (Wildman–Crippen MR) is 65.3 cm³/mol. The molecule has 88 valence electrons. The van der Waals surface area contributed by atoms with E-state index in [0.29, 0.717) is 24.3 Å². The first-order chi connectivity index (χ1) is 8.19. The maximum Gasteiger partial charge on any atom is 0.300 e. The Morgan fingerprint density at radius 2 is 2.06 bits per heavy atom. The highest BCUT2D eigenvalue weighted by Crippen LogP contribution is 2.14. The summed E-state index contributed by atoms with van der Waals surface area (Å²) in [5, 5.41) is 5.06. The summed E-state index contributed by atoms with van der Waals surface area (Å²) in [5.74, 6) is 1.03. The molecule has 0 fully saturated rings. The summed E-state index contributed by atoms with van der Waals surface area (Å²) in [6.45, 7) is 0.723. The van der Waals surface area contributed by atoms with Crippen LogP contribution >= 0.6 is 0 Å². The van der Waals surface area contributed by atoms with Crippen molar-refractivity contribution in [1.82, 2.24) is 5.32 Å². The van der Waals surface area contributed by atoms with Crippen molar-refractivity contribution in [2.24, 2.45) is 5.73 Å². The van der Waals surface area contributed by atoms with E-state index in [9.17, 15) is 9.59 Å². The number of nitrogens with two attached hydrogens (primary N) is 1. The van der Waals surface area contributed by atoms with E-state index in [1.165, 1.54) is 0 Å². The summed E-state index contributed by atoms with van der Waals surface area (Å²) in [4.78, 5) is 22.8. The lowest BCUT2D eigenvalue weighted by atomic mass is 10.1. The smallest absolute Gasteiger partial charge is 0.300 e. The standard InChI is InChI=1S/C12H13N3O2/c1-2-11(16)15-10-6-4-3-5-9(10)12(17)14-8-7-13/h1,3-6H,7-8,13H2,(H,14,17)(H,15,16). The van der Waals surface area contributed by atoms with Gasteiger partial charge in [-0.25, -0.2) is 0 Å². The highest BCUT2D eigenvalue weighted by atomic mass is 16.2. The molecule has 0 radical (unpaired) electrons. The van der Waals surface area contributed by atoms with Crippen LogP contribution in [0, 0.1) is 12.3 Å². The number of anilines is 1. The Hall–Kier alpha value is -2.32. The van der Waals surface area contributed by atoms with E-state index in [-0.39, 0.29) is 5.91 Å². The van der Waals surface area contributed by atoms with Gasteiger partial charge in [0.1, 0.15) is 0 Å². The molecule has 17 heavy (non-hydrogen) atoms. The van der Waals surface area contributed by atoms with Gasteiger partial charge in [-0.1, -0.05) is 12.1 Å². The maximum absolute atomic E-state index is 11.7. The fourth-order valence-corrected chi connectivity index (χ4v) is 1.23. The first-order valence-electron chi connectivity index (χ1n) is 5.04. The number of terminal acetylenes is 1. The lowest BCUT2D eigenvalue weighted by molar-refractivity contribution is -0.111. The van der Waals surface area contributed by atoms with Gasteiger partial charge in [0, 0.05) is 13.1 Å². The van der Waals surface area contributed by atoms with Gasteiger partial charge in [0.2, 0.25) is 0 Å². The number of benzene rings is 1. The molecule has 0 saturated carbocycles. The van der Waals surface area contributed by atoms with Crippen LogP contribution in [0.5, 0.6) is 0 Å². The lowest BCUT2D eigenvalue weighted by Gasteiger charge is -2.09. The fourth-order valence-electron chi connectivity index (χ4n) is 1.23. The molecular weight excluding hydrogens is 218 g/mol. The van der Waals surface area contributed by atoms with E-state index >= 15 is 0 Å². The van der Waals surface area contributed by atoms with Gasteiger partial charge in [-0.05, 0) is 18.1 Å². The van der Waals surface area contributed by atoms with Crippen molar-refractivity contribution in [2.45, 2.75) is 0 Å². The van der Waals surface area contributed by atoms with Crippen molar-refractivity contribution in [1.29, 1.82) is 0 Å². The van der Waals surface area contributed by atoms with Gasteiger partial charge in [0.25, 0.3) is 11.8 Å². The van der Waals surface area contributed by atoms with Crippen LogP contribution in [0.2, 0.25) is 0 Å². The summed E-state index contributed by atoms with van der Waals surface area (Å²) in [6.07, 6.45) is 4.95. The van der Waals surface area contributed by atoms with Gasteiger partial charge in [-0.2, -0.15) is 0 Å². The summed E-state index contributed by atoms with van der Waals surface area (Å²) >= 11 is 0. The number of carbonyl (C=O) groups excluding carboxylic acids is 2. The molecule has 0 aromatic heterocycles. The Bertz CT molecular complexity index is 463. The SMILES string of the molecule is C#CC(=O)Nc1ccccc1C(=O)NCCN. The van der Waals surface area contributed by atoms with Crippen molar-refractivity contribution in [3.05, 3.63) is 29.8 Å². The second-order valence-electron chi connectivity index (χ2n) is 3.19. The topological polar surface area (TPSA) is 84.2 Å². The van der Waals surface area contributed by atoms with Gasteiger partial charge >= 0.3 is 0 Å². The molecule has 2 amide bonds. The normalized spacial score (nSPS) is 9.18. The quantitative estimate of drug-likeness (QED) is 0.635. The highest BCUT2D eigenvalue weighted by Gasteiger charge is 2.11. The van der Waals surface area contributed by atoms with Crippen LogP contribution in [-0.4, -0.2) is 24.9 Å². The van der Waals surface area contributed by atoms with E-state index in [1.54, 1.807) is 24.3 Å². The van der Waals surface area contributed by atoms with Crippen molar-refractivity contribution in [3.8, 4) is 12.3 Å². The first kappa shape index (κ1) is 12.7. The van der Waals surface area contributed by atoms with Gasteiger partial charge < -0.3 is 16.4 Å². The van der Waals surface area contributed by atoms with Gasteiger partial charge in [-0.3, -0.25) is 9.59 Å². The molecule has 0 bridgehead atoms. The Balaban J connectivity index is 2.88. The summed E-state index contributed by atoms with van der Waals surface area (Å²) in [7, 11) is 0. The summed E-state index contributed by atoms with van der Waals surface area (Å²) in [6, 6.07) is 6.60. The zero-order valence-corrected chi connectivity index (χ0v) is 9.19. The Morgan fingerprint density at radius 1 is 1.35 bits per heavy atom. The van der Waals surface area contributed by atoms with Crippen LogP contribution in [0.25, 0.3) is 0 Å². The highest BCUT2D eigenvalue weighted by molar-refractivity contribution is 6.08. The molecule has 0 heterocycles. The van der Waals surface area contributed by atoms with Crippen LogP contribution in [0.3, 0.4) is 0 Å². The number of carbonyl (C=O) groups is 2. The second-order valence-corrected chi connectivity index (χ2v) is 3.19.